The summed E-state index contributed by atoms with van der Waals surface area (Å²) in [5.74, 6) is -1.95. The molecule has 0 amide bonds. The highest BCUT2D eigenvalue weighted by molar-refractivity contribution is 7.39. The Labute approximate surface area is 169 Å². The van der Waals surface area contributed by atoms with E-state index in [-0.39, 0.29) is 0 Å². The molecule has 4 aromatic rings. The summed E-state index contributed by atoms with van der Waals surface area (Å²) in [6, 6.07) is 26.4. The smallest absolute Gasteiger partial charge is 0.216 e. The van der Waals surface area contributed by atoms with Crippen LogP contribution in [0.1, 0.15) is 22.7 Å². The van der Waals surface area contributed by atoms with Crippen LogP contribution in [0.25, 0.3) is 21.5 Å². The standard InChI is InChI=1S/C22H17NO4P2/c24-28(25)21(19-11-9-15-5-1-3-7-17(15)13-19)23-22(29(26)27)20-12-10-16-6-2-4-8-18(16)14-20/h1-14,21-23H/p+2/t21-,22+. The SMILES string of the molecule is O=[P+](O)[C@H](N[C@@H](c1ccc2ccccc2c1)[P+](=O)O)c1ccc2ccccc2c1. The van der Waals surface area contributed by atoms with E-state index < -0.39 is 27.6 Å². The van der Waals surface area contributed by atoms with Crippen LogP contribution in [0.2, 0.25) is 0 Å². The minimum Gasteiger partial charge on any atom is -0.216 e. The first kappa shape index (κ1) is 19.8. The van der Waals surface area contributed by atoms with E-state index in [0.29, 0.717) is 11.1 Å². The Morgan fingerprint density at radius 3 is 1.34 bits per heavy atom. The van der Waals surface area contributed by atoms with E-state index in [1.54, 1.807) is 12.1 Å². The maximum Gasteiger partial charge on any atom is 0.529 e. The van der Waals surface area contributed by atoms with Crippen LogP contribution in [0.5, 0.6) is 0 Å². The zero-order chi connectivity index (χ0) is 20.4. The van der Waals surface area contributed by atoms with Crippen LogP contribution in [-0.2, 0) is 9.13 Å². The first-order chi connectivity index (χ1) is 14.0. The molecule has 0 saturated heterocycles. The van der Waals surface area contributed by atoms with E-state index in [4.69, 9.17) is 0 Å². The maximum absolute atomic E-state index is 12.1. The second kappa shape index (κ2) is 8.46. The molecule has 2 unspecified atom stereocenters. The lowest BCUT2D eigenvalue weighted by molar-refractivity contribution is 0.450. The third-order valence-corrected chi connectivity index (χ3v) is 6.71. The van der Waals surface area contributed by atoms with Crippen LogP contribution in [0.15, 0.2) is 84.9 Å². The molecule has 5 nitrogen and oxygen atoms in total. The lowest BCUT2D eigenvalue weighted by Gasteiger charge is -2.12. The molecule has 0 fully saturated rings. The van der Waals surface area contributed by atoms with Gasteiger partial charge >= 0.3 is 16.1 Å². The van der Waals surface area contributed by atoms with Crippen LogP contribution < -0.4 is 5.32 Å². The van der Waals surface area contributed by atoms with Gasteiger partial charge in [-0.05, 0) is 42.8 Å². The van der Waals surface area contributed by atoms with Crippen molar-refractivity contribution in [1.29, 1.82) is 0 Å². The van der Waals surface area contributed by atoms with Gasteiger partial charge in [-0.2, -0.15) is 9.79 Å². The van der Waals surface area contributed by atoms with Gasteiger partial charge in [-0.25, -0.2) is 5.32 Å². The molecule has 4 rings (SSSR count). The topological polar surface area (TPSA) is 86.6 Å². The number of benzene rings is 4. The Hall–Kier alpha value is -2.52. The second-order valence-corrected chi connectivity index (χ2v) is 9.03. The van der Waals surface area contributed by atoms with Gasteiger partial charge in [-0.3, -0.25) is 0 Å². The maximum atomic E-state index is 12.1. The monoisotopic (exact) mass is 423 g/mol. The fourth-order valence-corrected chi connectivity index (χ4v) is 4.98. The third-order valence-electron chi connectivity index (χ3n) is 4.94. The predicted molar refractivity (Wildman–Crippen MR) is 116 cm³/mol. The summed E-state index contributed by atoms with van der Waals surface area (Å²) in [6.07, 6.45) is 0. The lowest BCUT2D eigenvalue weighted by atomic mass is 10.1. The molecule has 0 radical (unpaired) electrons. The van der Waals surface area contributed by atoms with E-state index in [1.165, 1.54) is 0 Å². The minimum atomic E-state index is -2.68. The number of hydrogen-bond donors (Lipinski definition) is 3. The number of hydrogen-bond acceptors (Lipinski definition) is 3. The summed E-state index contributed by atoms with van der Waals surface area (Å²) < 4.78 is 24.3. The zero-order valence-electron chi connectivity index (χ0n) is 15.3. The van der Waals surface area contributed by atoms with Crippen molar-refractivity contribution in [1.82, 2.24) is 5.32 Å². The van der Waals surface area contributed by atoms with Crippen LogP contribution in [0.4, 0.5) is 0 Å². The van der Waals surface area contributed by atoms with Crippen molar-refractivity contribution in [2.24, 2.45) is 0 Å². The van der Waals surface area contributed by atoms with E-state index in [9.17, 15) is 18.9 Å². The fourth-order valence-electron chi connectivity index (χ4n) is 3.48. The van der Waals surface area contributed by atoms with Crippen molar-refractivity contribution in [2.45, 2.75) is 11.6 Å². The van der Waals surface area contributed by atoms with Gasteiger partial charge in [0.1, 0.15) is 0 Å². The third kappa shape index (κ3) is 4.25. The molecule has 0 aromatic heterocycles. The summed E-state index contributed by atoms with van der Waals surface area (Å²) in [5.41, 5.74) is 1.19. The molecule has 0 bridgehead atoms. The molecule has 0 aliphatic carbocycles. The molecule has 29 heavy (non-hydrogen) atoms. The Kier molecular flexibility index (Phi) is 5.77. The highest BCUT2D eigenvalue weighted by atomic mass is 31.1. The van der Waals surface area contributed by atoms with Crippen molar-refractivity contribution in [2.75, 3.05) is 0 Å². The molecular formula is C22H19NO4P2+2. The van der Waals surface area contributed by atoms with E-state index >= 15 is 0 Å². The average Bonchev–Trinajstić information content (AvgIpc) is 2.73. The predicted octanol–water partition coefficient (Wildman–Crippen LogP) is 5.75. The first-order valence-corrected chi connectivity index (χ1v) is 11.6. The van der Waals surface area contributed by atoms with Crippen molar-refractivity contribution in [3.63, 3.8) is 0 Å². The van der Waals surface area contributed by atoms with Crippen LogP contribution in [-0.4, -0.2) is 9.79 Å². The van der Waals surface area contributed by atoms with Gasteiger partial charge in [0.15, 0.2) is 0 Å². The molecule has 3 N–H and O–H groups in total. The van der Waals surface area contributed by atoms with E-state index in [1.807, 2.05) is 72.8 Å². The Morgan fingerprint density at radius 1 is 0.586 bits per heavy atom. The van der Waals surface area contributed by atoms with Gasteiger partial charge in [0.2, 0.25) is 0 Å². The van der Waals surface area contributed by atoms with Gasteiger partial charge < -0.3 is 0 Å². The highest BCUT2D eigenvalue weighted by Crippen LogP contribution is 2.44. The number of rotatable bonds is 6. The van der Waals surface area contributed by atoms with Crippen LogP contribution >= 0.6 is 16.1 Å². The fraction of sp³-hybridized carbons (Fsp3) is 0.0909. The number of fused-ring (bicyclic) bond motifs is 2. The van der Waals surface area contributed by atoms with E-state index in [2.05, 4.69) is 5.32 Å². The Bertz CT molecular complexity index is 1130. The molecule has 0 heterocycles. The summed E-state index contributed by atoms with van der Waals surface area (Å²) in [5, 5.41) is 6.85. The van der Waals surface area contributed by atoms with Crippen molar-refractivity contribution in [3.05, 3.63) is 96.1 Å². The summed E-state index contributed by atoms with van der Waals surface area (Å²) >= 11 is 0. The second-order valence-electron chi connectivity index (χ2n) is 6.79. The largest absolute Gasteiger partial charge is 0.529 e. The van der Waals surface area contributed by atoms with E-state index in [0.717, 1.165) is 21.5 Å². The van der Waals surface area contributed by atoms with Crippen LogP contribution in [0.3, 0.4) is 0 Å². The molecule has 0 saturated carbocycles. The highest BCUT2D eigenvalue weighted by Gasteiger charge is 2.41. The zero-order valence-corrected chi connectivity index (χ0v) is 17.1. The molecule has 0 spiro atoms. The first-order valence-electron chi connectivity index (χ1n) is 9.07. The van der Waals surface area contributed by atoms with Crippen LogP contribution in [0, 0.1) is 0 Å². The summed E-state index contributed by atoms with van der Waals surface area (Å²) in [6.45, 7) is 0. The Balaban J connectivity index is 1.71. The molecule has 144 valence electrons. The van der Waals surface area contributed by atoms with Crippen molar-refractivity contribution in [3.8, 4) is 0 Å². The van der Waals surface area contributed by atoms with Gasteiger partial charge in [-0.1, -0.05) is 72.8 Å². The molecule has 7 heteroatoms. The normalized spacial score (nSPS) is 14.6. The molecule has 0 aliphatic heterocycles. The lowest BCUT2D eigenvalue weighted by Crippen LogP contribution is -2.22. The van der Waals surface area contributed by atoms with Crippen molar-refractivity contribution < 1.29 is 18.9 Å². The minimum absolute atomic E-state index is 0.593. The average molecular weight is 423 g/mol. The Morgan fingerprint density at radius 2 is 0.966 bits per heavy atom. The van der Waals surface area contributed by atoms with Crippen molar-refractivity contribution >= 4 is 37.6 Å². The van der Waals surface area contributed by atoms with Gasteiger partial charge in [0, 0.05) is 11.1 Å². The molecule has 4 atom stereocenters. The summed E-state index contributed by atoms with van der Waals surface area (Å²) in [4.78, 5) is 19.9. The molecule has 0 aliphatic rings. The molecular weight excluding hydrogens is 404 g/mol. The molecule has 4 aromatic carbocycles. The quantitative estimate of drug-likeness (QED) is 0.344. The number of nitrogens with one attached hydrogen (secondary N) is 1. The van der Waals surface area contributed by atoms with Gasteiger partial charge in [-0.15, -0.1) is 0 Å². The van der Waals surface area contributed by atoms with Gasteiger partial charge in [0.05, 0.1) is 0 Å². The summed E-state index contributed by atoms with van der Waals surface area (Å²) in [7, 11) is -5.36. The van der Waals surface area contributed by atoms with Gasteiger partial charge in [0.25, 0.3) is 11.6 Å².